The molecule has 2 aromatic carbocycles. The van der Waals surface area contributed by atoms with E-state index in [2.05, 4.69) is 15.5 Å². The van der Waals surface area contributed by atoms with E-state index in [1.165, 1.54) is 0 Å². The predicted molar refractivity (Wildman–Crippen MR) is 84.9 cm³/mol. The lowest BCUT2D eigenvalue weighted by molar-refractivity contribution is 1.01. The summed E-state index contributed by atoms with van der Waals surface area (Å²) < 4.78 is 0. The van der Waals surface area contributed by atoms with Crippen molar-refractivity contribution in [1.29, 1.82) is 0 Å². The Morgan fingerprint density at radius 2 is 1.50 bits per heavy atom. The van der Waals surface area contributed by atoms with E-state index in [9.17, 15) is 0 Å². The highest BCUT2D eigenvalue weighted by molar-refractivity contribution is 6.30. The highest BCUT2D eigenvalue weighted by Gasteiger charge is 1.93. The summed E-state index contributed by atoms with van der Waals surface area (Å²) in [6.45, 7) is 0. The number of nitrogens with two attached hydrogens (primary N) is 1. The molecule has 0 spiro atoms. The number of hydrogen-bond donors (Lipinski definition) is 2. The van der Waals surface area contributed by atoms with Gasteiger partial charge in [0.25, 0.3) is 0 Å². The number of nitrogens with one attached hydrogen (secondary N) is 1. The topological polar surface area (TPSA) is 62.8 Å². The number of guanidine groups is 1. The van der Waals surface area contributed by atoms with Crippen molar-refractivity contribution in [3.05, 3.63) is 64.1 Å². The van der Waals surface area contributed by atoms with E-state index in [1.807, 2.05) is 12.1 Å². The maximum absolute atomic E-state index is 5.79. The first-order valence-electron chi connectivity index (χ1n) is 5.78. The van der Waals surface area contributed by atoms with E-state index in [1.54, 1.807) is 42.6 Å². The van der Waals surface area contributed by atoms with Crippen LogP contribution >= 0.6 is 23.2 Å². The number of nitrogens with zero attached hydrogens (tertiary/aromatic N) is 2. The lowest BCUT2D eigenvalue weighted by Crippen LogP contribution is -2.26. The molecular formula is C14H12Cl2N4. The summed E-state index contributed by atoms with van der Waals surface area (Å²) in [5.41, 5.74) is 9.94. The van der Waals surface area contributed by atoms with E-state index in [0.29, 0.717) is 15.7 Å². The third-order valence-electron chi connectivity index (χ3n) is 2.34. The Bertz CT molecular complexity index is 619. The van der Waals surface area contributed by atoms with Crippen molar-refractivity contribution in [2.75, 3.05) is 0 Å². The van der Waals surface area contributed by atoms with E-state index in [0.717, 1.165) is 5.56 Å². The summed E-state index contributed by atoms with van der Waals surface area (Å²) in [7, 11) is 0. The number of benzene rings is 2. The van der Waals surface area contributed by atoms with Gasteiger partial charge in [-0.3, -0.25) is 0 Å². The Kier molecular flexibility index (Phi) is 4.98. The third-order valence-corrected chi connectivity index (χ3v) is 2.84. The van der Waals surface area contributed by atoms with Crippen molar-refractivity contribution < 1.29 is 0 Å². The summed E-state index contributed by atoms with van der Waals surface area (Å²) >= 11 is 11.6. The van der Waals surface area contributed by atoms with E-state index in [4.69, 9.17) is 28.9 Å². The zero-order valence-electron chi connectivity index (χ0n) is 10.4. The Labute approximate surface area is 126 Å². The second kappa shape index (κ2) is 6.93. The lowest BCUT2D eigenvalue weighted by atomic mass is 10.2. The fraction of sp³-hybridized carbons (Fsp3) is 0. The molecule has 0 fully saturated rings. The quantitative estimate of drug-likeness (QED) is 0.517. The molecule has 102 valence electrons. The molecule has 0 aliphatic carbocycles. The molecule has 0 bridgehead atoms. The van der Waals surface area contributed by atoms with Crippen LogP contribution in [0.25, 0.3) is 0 Å². The van der Waals surface area contributed by atoms with Gasteiger partial charge in [-0.15, -0.1) is 0 Å². The molecule has 0 saturated heterocycles. The molecule has 0 heterocycles. The fourth-order valence-corrected chi connectivity index (χ4v) is 1.65. The molecule has 20 heavy (non-hydrogen) atoms. The van der Waals surface area contributed by atoms with Gasteiger partial charge in [0.05, 0.1) is 11.9 Å². The first kappa shape index (κ1) is 14.4. The summed E-state index contributed by atoms with van der Waals surface area (Å²) in [6, 6.07) is 14.3. The van der Waals surface area contributed by atoms with Gasteiger partial charge in [-0.1, -0.05) is 35.3 Å². The Balaban J connectivity index is 1.96. The number of aliphatic imine (C=N–C) groups is 1. The normalized spacial score (nSPS) is 11.8. The average Bonchev–Trinajstić information content (AvgIpc) is 2.44. The molecule has 4 nitrogen and oxygen atoms in total. The molecule has 0 aliphatic heterocycles. The predicted octanol–water partition coefficient (Wildman–Crippen LogP) is 3.56. The van der Waals surface area contributed by atoms with Crippen LogP contribution in [0.3, 0.4) is 0 Å². The molecule has 0 unspecified atom stereocenters. The molecule has 0 saturated carbocycles. The smallest absolute Gasteiger partial charge is 0.214 e. The second-order valence-electron chi connectivity index (χ2n) is 3.90. The van der Waals surface area contributed by atoms with Crippen molar-refractivity contribution >= 4 is 41.1 Å². The van der Waals surface area contributed by atoms with Crippen molar-refractivity contribution in [2.24, 2.45) is 15.8 Å². The van der Waals surface area contributed by atoms with Crippen LogP contribution in [0.4, 0.5) is 5.69 Å². The minimum absolute atomic E-state index is 0.192. The molecular weight excluding hydrogens is 295 g/mol. The molecule has 0 amide bonds. The van der Waals surface area contributed by atoms with Crippen molar-refractivity contribution in [3.63, 3.8) is 0 Å². The van der Waals surface area contributed by atoms with Crippen LogP contribution in [0.5, 0.6) is 0 Å². The first-order chi connectivity index (χ1) is 9.63. The number of hydrogen-bond acceptors (Lipinski definition) is 2. The van der Waals surface area contributed by atoms with Gasteiger partial charge in [-0.05, 0) is 42.0 Å². The van der Waals surface area contributed by atoms with Crippen LogP contribution in [-0.4, -0.2) is 12.2 Å². The second-order valence-corrected chi connectivity index (χ2v) is 4.77. The van der Waals surface area contributed by atoms with Crippen LogP contribution < -0.4 is 11.2 Å². The van der Waals surface area contributed by atoms with Gasteiger partial charge in [0.1, 0.15) is 0 Å². The van der Waals surface area contributed by atoms with E-state index < -0.39 is 0 Å². The molecule has 0 atom stereocenters. The third kappa shape index (κ3) is 4.57. The van der Waals surface area contributed by atoms with Crippen LogP contribution in [0.2, 0.25) is 10.0 Å². The molecule has 3 N–H and O–H groups in total. The fourth-order valence-electron chi connectivity index (χ4n) is 1.40. The monoisotopic (exact) mass is 306 g/mol. The van der Waals surface area contributed by atoms with Crippen molar-refractivity contribution in [1.82, 2.24) is 5.43 Å². The van der Waals surface area contributed by atoms with Crippen LogP contribution in [0.15, 0.2) is 58.6 Å². The molecule has 0 aromatic heterocycles. The Morgan fingerprint density at radius 1 is 0.950 bits per heavy atom. The Hall–Kier alpha value is -2.04. The number of rotatable bonds is 3. The van der Waals surface area contributed by atoms with Crippen LogP contribution in [-0.2, 0) is 0 Å². The Morgan fingerprint density at radius 3 is 2.10 bits per heavy atom. The zero-order valence-corrected chi connectivity index (χ0v) is 11.9. The molecule has 0 radical (unpaired) electrons. The molecule has 2 aromatic rings. The van der Waals surface area contributed by atoms with Crippen LogP contribution in [0, 0.1) is 0 Å². The van der Waals surface area contributed by atoms with Gasteiger partial charge in [0.15, 0.2) is 0 Å². The molecule has 2 rings (SSSR count). The van der Waals surface area contributed by atoms with Gasteiger partial charge >= 0.3 is 0 Å². The SMILES string of the molecule is NC(=Nc1ccc(Cl)cc1)N/N=C\c1ccc(Cl)cc1. The van der Waals surface area contributed by atoms with Gasteiger partial charge in [0.2, 0.25) is 5.96 Å². The molecule has 6 heteroatoms. The van der Waals surface area contributed by atoms with Gasteiger partial charge < -0.3 is 5.73 Å². The van der Waals surface area contributed by atoms with Gasteiger partial charge in [0, 0.05) is 10.0 Å². The lowest BCUT2D eigenvalue weighted by Gasteiger charge is -1.99. The minimum Gasteiger partial charge on any atom is -0.368 e. The van der Waals surface area contributed by atoms with E-state index in [-0.39, 0.29) is 5.96 Å². The van der Waals surface area contributed by atoms with Crippen LogP contribution in [0.1, 0.15) is 5.56 Å². The maximum atomic E-state index is 5.79. The maximum Gasteiger partial charge on any atom is 0.214 e. The number of halogens is 2. The summed E-state index contributed by atoms with van der Waals surface area (Å²) in [4.78, 5) is 4.14. The highest BCUT2D eigenvalue weighted by Crippen LogP contribution is 2.15. The number of hydrazone groups is 1. The van der Waals surface area contributed by atoms with Crippen molar-refractivity contribution in [3.8, 4) is 0 Å². The summed E-state index contributed by atoms with van der Waals surface area (Å²) in [6.07, 6.45) is 1.63. The standard InChI is InChI=1S/C14H12Cl2N4/c15-11-3-1-10(2-4-11)9-18-20-14(17)19-13-7-5-12(16)6-8-13/h1-9H,(H3,17,19,20)/b18-9-. The average molecular weight is 307 g/mol. The summed E-state index contributed by atoms with van der Waals surface area (Å²) in [5.74, 6) is 0.192. The largest absolute Gasteiger partial charge is 0.368 e. The summed E-state index contributed by atoms with van der Waals surface area (Å²) in [5, 5.41) is 5.31. The van der Waals surface area contributed by atoms with Gasteiger partial charge in [-0.25, -0.2) is 10.4 Å². The van der Waals surface area contributed by atoms with E-state index >= 15 is 0 Å². The highest BCUT2D eigenvalue weighted by atomic mass is 35.5. The van der Waals surface area contributed by atoms with Crippen molar-refractivity contribution in [2.45, 2.75) is 0 Å². The molecule has 0 aliphatic rings. The van der Waals surface area contributed by atoms with Gasteiger partial charge in [-0.2, -0.15) is 5.10 Å². The zero-order chi connectivity index (χ0) is 14.4. The first-order valence-corrected chi connectivity index (χ1v) is 6.53. The minimum atomic E-state index is 0.192.